The summed E-state index contributed by atoms with van der Waals surface area (Å²) in [7, 11) is -3.15. The van der Waals surface area contributed by atoms with Crippen molar-refractivity contribution in [3.8, 4) is 0 Å². The Morgan fingerprint density at radius 2 is 2.31 bits per heavy atom. The second-order valence-electron chi connectivity index (χ2n) is 3.46. The molecule has 0 aromatic carbocycles. The third-order valence-corrected chi connectivity index (χ3v) is 4.28. The monoisotopic (exact) mass is 207 g/mol. The van der Waals surface area contributed by atoms with E-state index >= 15 is 0 Å². The van der Waals surface area contributed by atoms with E-state index in [2.05, 4.69) is 4.72 Å². The number of hydrogen-bond acceptors (Lipinski definition) is 3. The summed E-state index contributed by atoms with van der Waals surface area (Å²) >= 11 is 0. The maximum Gasteiger partial charge on any atom is 0.217 e. The van der Waals surface area contributed by atoms with Gasteiger partial charge in [0.25, 0.3) is 0 Å². The van der Waals surface area contributed by atoms with Crippen molar-refractivity contribution in [1.82, 2.24) is 4.72 Å². The summed E-state index contributed by atoms with van der Waals surface area (Å²) in [6.45, 7) is 4.73. The van der Waals surface area contributed by atoms with E-state index in [0.717, 1.165) is 6.42 Å². The fraction of sp³-hybridized carbons (Fsp3) is 1.00. The molecule has 1 heterocycles. The predicted octanol–water partition coefficient (Wildman–Crippen LogP) is 0.493. The lowest BCUT2D eigenvalue weighted by molar-refractivity contribution is 0.198. The predicted molar refractivity (Wildman–Crippen MR) is 51.0 cm³/mol. The second kappa shape index (κ2) is 4.39. The number of sulfonamides is 1. The molecule has 0 spiro atoms. The van der Waals surface area contributed by atoms with Gasteiger partial charge in [-0.3, -0.25) is 0 Å². The minimum absolute atomic E-state index is 0.0191. The van der Waals surface area contributed by atoms with E-state index in [-0.39, 0.29) is 11.3 Å². The van der Waals surface area contributed by atoms with Gasteiger partial charge in [0.1, 0.15) is 5.25 Å². The van der Waals surface area contributed by atoms with Gasteiger partial charge in [-0.1, -0.05) is 6.92 Å². The molecule has 1 fully saturated rings. The minimum Gasteiger partial charge on any atom is -0.380 e. The highest BCUT2D eigenvalue weighted by Gasteiger charge is 2.29. The molecule has 1 aliphatic heterocycles. The van der Waals surface area contributed by atoms with Crippen LogP contribution in [0.1, 0.15) is 26.7 Å². The first-order valence-corrected chi connectivity index (χ1v) is 6.19. The Balaban J connectivity index is 2.54. The Morgan fingerprint density at radius 3 is 2.77 bits per heavy atom. The van der Waals surface area contributed by atoms with E-state index in [1.54, 1.807) is 0 Å². The van der Waals surface area contributed by atoms with Crippen molar-refractivity contribution in [2.75, 3.05) is 13.2 Å². The lowest BCUT2D eigenvalue weighted by Gasteiger charge is -2.15. The van der Waals surface area contributed by atoms with Crippen LogP contribution >= 0.6 is 0 Å². The average Bonchev–Trinajstić information content (AvgIpc) is 2.55. The summed E-state index contributed by atoms with van der Waals surface area (Å²) in [5, 5.41) is -0.346. The van der Waals surface area contributed by atoms with Gasteiger partial charge >= 0.3 is 0 Å². The van der Waals surface area contributed by atoms with Gasteiger partial charge in [0, 0.05) is 12.6 Å². The van der Waals surface area contributed by atoms with E-state index < -0.39 is 10.0 Å². The van der Waals surface area contributed by atoms with Crippen LogP contribution in [0.15, 0.2) is 0 Å². The van der Waals surface area contributed by atoms with Crippen LogP contribution in [0.5, 0.6) is 0 Å². The molecule has 78 valence electrons. The van der Waals surface area contributed by atoms with Gasteiger partial charge in [0.15, 0.2) is 0 Å². The molecule has 13 heavy (non-hydrogen) atoms. The molecule has 0 aliphatic carbocycles. The number of ether oxygens (including phenoxy) is 1. The van der Waals surface area contributed by atoms with Crippen molar-refractivity contribution in [3.05, 3.63) is 0 Å². The molecule has 0 radical (unpaired) electrons. The fourth-order valence-corrected chi connectivity index (χ4v) is 2.82. The van der Waals surface area contributed by atoms with Crippen LogP contribution in [0, 0.1) is 0 Å². The summed E-state index contributed by atoms with van der Waals surface area (Å²) in [5.74, 6) is 0. The SMILES string of the molecule is CC[C@H](C)NS(=O)(=O)[C@@H]1CCOC1. The molecule has 0 saturated carbocycles. The molecular formula is C8H17NO3S. The number of rotatable bonds is 4. The van der Waals surface area contributed by atoms with Crippen LogP contribution in [0.25, 0.3) is 0 Å². The highest BCUT2D eigenvalue weighted by atomic mass is 32.2. The van der Waals surface area contributed by atoms with Crippen molar-refractivity contribution in [2.24, 2.45) is 0 Å². The quantitative estimate of drug-likeness (QED) is 0.730. The lowest BCUT2D eigenvalue weighted by atomic mass is 10.3. The molecule has 4 nitrogen and oxygen atoms in total. The van der Waals surface area contributed by atoms with Gasteiger partial charge in [-0.05, 0) is 19.8 Å². The largest absolute Gasteiger partial charge is 0.380 e. The van der Waals surface area contributed by atoms with E-state index in [0.29, 0.717) is 19.6 Å². The van der Waals surface area contributed by atoms with Crippen molar-refractivity contribution >= 4 is 10.0 Å². The molecule has 1 aliphatic rings. The van der Waals surface area contributed by atoms with Gasteiger partial charge < -0.3 is 4.74 Å². The Morgan fingerprint density at radius 1 is 1.62 bits per heavy atom. The molecule has 0 unspecified atom stereocenters. The smallest absolute Gasteiger partial charge is 0.217 e. The first kappa shape index (κ1) is 10.9. The lowest BCUT2D eigenvalue weighted by Crippen LogP contribution is -2.39. The summed E-state index contributed by atoms with van der Waals surface area (Å²) in [6, 6.07) is 0.0191. The van der Waals surface area contributed by atoms with E-state index in [4.69, 9.17) is 4.74 Å². The summed E-state index contributed by atoms with van der Waals surface area (Å²) in [4.78, 5) is 0. The zero-order chi connectivity index (χ0) is 9.90. The molecule has 0 aromatic heterocycles. The van der Waals surface area contributed by atoms with Crippen LogP contribution in [-0.4, -0.2) is 32.9 Å². The standard InChI is InChI=1S/C8H17NO3S/c1-3-7(2)9-13(10,11)8-4-5-12-6-8/h7-9H,3-6H2,1-2H3/t7-,8+/m0/s1. The third-order valence-electron chi connectivity index (χ3n) is 2.30. The molecule has 1 N–H and O–H groups in total. The zero-order valence-electron chi connectivity index (χ0n) is 8.12. The Bertz CT molecular complexity index is 244. The normalized spacial score (nSPS) is 26.2. The van der Waals surface area contributed by atoms with E-state index in [1.165, 1.54) is 0 Å². The summed E-state index contributed by atoms with van der Waals surface area (Å²) in [6.07, 6.45) is 1.43. The fourth-order valence-electron chi connectivity index (χ4n) is 1.22. The van der Waals surface area contributed by atoms with Crippen LogP contribution < -0.4 is 4.72 Å². The summed E-state index contributed by atoms with van der Waals surface area (Å²) < 4.78 is 30.9. The van der Waals surface area contributed by atoms with Crippen molar-refractivity contribution < 1.29 is 13.2 Å². The molecule has 1 rings (SSSR count). The van der Waals surface area contributed by atoms with Gasteiger partial charge in [-0.25, -0.2) is 13.1 Å². The van der Waals surface area contributed by atoms with Crippen LogP contribution in [-0.2, 0) is 14.8 Å². The van der Waals surface area contributed by atoms with Gasteiger partial charge in [0.05, 0.1) is 6.61 Å². The molecule has 0 amide bonds. The average molecular weight is 207 g/mol. The van der Waals surface area contributed by atoms with Crippen molar-refractivity contribution in [3.63, 3.8) is 0 Å². The Kier molecular flexibility index (Phi) is 3.70. The summed E-state index contributed by atoms with van der Waals surface area (Å²) in [5.41, 5.74) is 0. The maximum absolute atomic E-state index is 11.6. The zero-order valence-corrected chi connectivity index (χ0v) is 8.93. The van der Waals surface area contributed by atoms with Crippen molar-refractivity contribution in [1.29, 1.82) is 0 Å². The first-order valence-electron chi connectivity index (χ1n) is 4.65. The van der Waals surface area contributed by atoms with Gasteiger partial charge in [0.2, 0.25) is 10.0 Å². The van der Waals surface area contributed by atoms with E-state index in [9.17, 15) is 8.42 Å². The number of nitrogens with one attached hydrogen (secondary N) is 1. The first-order chi connectivity index (χ1) is 6.06. The van der Waals surface area contributed by atoms with Gasteiger partial charge in [-0.15, -0.1) is 0 Å². The van der Waals surface area contributed by atoms with Gasteiger partial charge in [-0.2, -0.15) is 0 Å². The molecule has 1 saturated heterocycles. The van der Waals surface area contributed by atoms with E-state index in [1.807, 2.05) is 13.8 Å². The maximum atomic E-state index is 11.6. The highest BCUT2D eigenvalue weighted by Crippen LogP contribution is 2.13. The molecule has 0 aromatic rings. The third kappa shape index (κ3) is 2.93. The molecular weight excluding hydrogens is 190 g/mol. The molecule has 0 bridgehead atoms. The molecule has 5 heteroatoms. The second-order valence-corrected chi connectivity index (χ2v) is 5.45. The Labute approximate surface area is 79.7 Å². The van der Waals surface area contributed by atoms with Crippen LogP contribution in [0.2, 0.25) is 0 Å². The van der Waals surface area contributed by atoms with Crippen LogP contribution in [0.4, 0.5) is 0 Å². The Hall–Kier alpha value is -0.130. The minimum atomic E-state index is -3.15. The van der Waals surface area contributed by atoms with Crippen molar-refractivity contribution in [2.45, 2.75) is 38.0 Å². The van der Waals surface area contributed by atoms with Crippen LogP contribution in [0.3, 0.4) is 0 Å². The highest BCUT2D eigenvalue weighted by molar-refractivity contribution is 7.90. The molecule has 2 atom stereocenters. The number of hydrogen-bond donors (Lipinski definition) is 1. The topological polar surface area (TPSA) is 55.4 Å².